The topological polar surface area (TPSA) is 83.9 Å². The van der Waals surface area contributed by atoms with Gasteiger partial charge in [-0.25, -0.2) is 0 Å². The predicted octanol–water partition coefficient (Wildman–Crippen LogP) is 1.14. The second kappa shape index (κ2) is 7.26. The first-order chi connectivity index (χ1) is 9.40. The monoisotopic (exact) mass is 285 g/mol. The average molecular weight is 285 g/mol. The van der Waals surface area contributed by atoms with Gasteiger partial charge in [-0.2, -0.15) is 0 Å². The lowest BCUT2D eigenvalue weighted by Crippen LogP contribution is -2.42. The summed E-state index contributed by atoms with van der Waals surface area (Å²) in [5.74, 6) is -2.61. The summed E-state index contributed by atoms with van der Waals surface area (Å²) >= 11 is 0. The van der Waals surface area contributed by atoms with Gasteiger partial charge in [0.1, 0.15) is 6.54 Å². The van der Waals surface area contributed by atoms with E-state index in [4.69, 9.17) is 0 Å². The molecule has 1 aliphatic rings. The van der Waals surface area contributed by atoms with Gasteiger partial charge in [0.15, 0.2) is 0 Å². The van der Waals surface area contributed by atoms with Crippen molar-refractivity contribution in [2.75, 3.05) is 20.2 Å². The Kier molecular flexibility index (Phi) is 5.98. The van der Waals surface area contributed by atoms with Crippen LogP contribution in [0.4, 0.5) is 0 Å². The molecule has 1 saturated carbocycles. The van der Waals surface area contributed by atoms with E-state index in [2.05, 4.69) is 4.74 Å². The molecule has 3 atom stereocenters. The number of aliphatic carboxylic acids is 1. The lowest BCUT2D eigenvalue weighted by Gasteiger charge is -2.26. The van der Waals surface area contributed by atoms with Gasteiger partial charge in [0.25, 0.3) is 0 Å². The number of rotatable bonds is 6. The Morgan fingerprint density at radius 2 is 1.85 bits per heavy atom. The molecule has 0 saturated heterocycles. The number of carboxylic acid groups (broad SMARTS) is 1. The number of hydrogen-bond acceptors (Lipinski definition) is 4. The first-order valence-corrected chi connectivity index (χ1v) is 6.99. The zero-order chi connectivity index (χ0) is 15.3. The smallest absolute Gasteiger partial charge is 0.325 e. The van der Waals surface area contributed by atoms with Gasteiger partial charge in [0, 0.05) is 6.54 Å². The molecule has 1 fully saturated rings. The van der Waals surface area contributed by atoms with Crippen LogP contribution in [0.2, 0.25) is 0 Å². The minimum atomic E-state index is -0.929. The van der Waals surface area contributed by atoms with Crippen molar-refractivity contribution in [3.63, 3.8) is 0 Å². The number of esters is 1. The van der Waals surface area contributed by atoms with Crippen LogP contribution in [0.15, 0.2) is 0 Å². The molecule has 1 rings (SSSR count). The summed E-state index contributed by atoms with van der Waals surface area (Å²) in [6, 6.07) is 0. The Balaban J connectivity index is 2.82. The highest BCUT2D eigenvalue weighted by atomic mass is 16.5. The van der Waals surface area contributed by atoms with Crippen LogP contribution in [-0.4, -0.2) is 48.1 Å². The van der Waals surface area contributed by atoms with Gasteiger partial charge in [-0.05, 0) is 25.2 Å². The fourth-order valence-electron chi connectivity index (χ4n) is 2.83. The molecule has 1 aliphatic carbocycles. The first-order valence-electron chi connectivity index (χ1n) is 6.99. The van der Waals surface area contributed by atoms with E-state index in [0.717, 1.165) is 0 Å². The number of methoxy groups -OCH3 is 1. The number of carbonyl (C=O) groups excluding carboxylic acids is 2. The summed E-state index contributed by atoms with van der Waals surface area (Å²) in [5.41, 5.74) is 0. The number of carboxylic acids is 1. The van der Waals surface area contributed by atoms with E-state index >= 15 is 0 Å². The van der Waals surface area contributed by atoms with Crippen LogP contribution in [0.1, 0.15) is 33.1 Å². The molecule has 0 aromatic carbocycles. The van der Waals surface area contributed by atoms with Crippen LogP contribution in [0.5, 0.6) is 0 Å². The third kappa shape index (κ3) is 3.95. The number of hydrogen-bond donors (Lipinski definition) is 1. The highest BCUT2D eigenvalue weighted by molar-refractivity contribution is 5.87. The van der Waals surface area contributed by atoms with E-state index in [1.807, 2.05) is 13.8 Å². The molecule has 20 heavy (non-hydrogen) atoms. The maximum absolute atomic E-state index is 12.5. The maximum Gasteiger partial charge on any atom is 0.325 e. The molecule has 0 spiro atoms. The lowest BCUT2D eigenvalue weighted by molar-refractivity contribution is -0.152. The molecule has 0 bridgehead atoms. The van der Waals surface area contributed by atoms with E-state index in [-0.39, 0.29) is 18.4 Å². The largest absolute Gasteiger partial charge is 0.481 e. The van der Waals surface area contributed by atoms with Gasteiger partial charge in [-0.3, -0.25) is 14.4 Å². The van der Waals surface area contributed by atoms with E-state index in [1.54, 1.807) is 0 Å². The number of amides is 1. The third-order valence-corrected chi connectivity index (χ3v) is 3.79. The van der Waals surface area contributed by atoms with Gasteiger partial charge in [0.2, 0.25) is 5.91 Å². The molecule has 6 heteroatoms. The molecule has 6 nitrogen and oxygen atoms in total. The minimum absolute atomic E-state index is 0.111. The average Bonchev–Trinajstić information content (AvgIpc) is 2.79. The summed E-state index contributed by atoms with van der Waals surface area (Å²) in [6.07, 6.45) is 1.80. The second-order valence-corrected chi connectivity index (χ2v) is 5.46. The highest BCUT2D eigenvalue weighted by Crippen LogP contribution is 2.37. The van der Waals surface area contributed by atoms with Gasteiger partial charge >= 0.3 is 11.9 Å². The number of nitrogens with zero attached hydrogens (tertiary/aromatic N) is 1. The van der Waals surface area contributed by atoms with E-state index in [1.165, 1.54) is 12.0 Å². The third-order valence-electron chi connectivity index (χ3n) is 3.79. The van der Waals surface area contributed by atoms with Gasteiger partial charge in [-0.15, -0.1) is 0 Å². The quantitative estimate of drug-likeness (QED) is 0.740. The molecule has 1 unspecified atom stereocenters. The molecule has 0 heterocycles. The summed E-state index contributed by atoms with van der Waals surface area (Å²) in [7, 11) is 1.27. The van der Waals surface area contributed by atoms with Crippen molar-refractivity contribution in [3.05, 3.63) is 0 Å². The summed E-state index contributed by atoms with van der Waals surface area (Å²) < 4.78 is 4.59. The lowest BCUT2D eigenvalue weighted by atomic mass is 9.94. The van der Waals surface area contributed by atoms with Gasteiger partial charge < -0.3 is 14.7 Å². The zero-order valence-corrected chi connectivity index (χ0v) is 12.3. The molecule has 0 radical (unpaired) electrons. The van der Waals surface area contributed by atoms with Crippen LogP contribution >= 0.6 is 0 Å². The van der Waals surface area contributed by atoms with Crippen molar-refractivity contribution in [3.8, 4) is 0 Å². The highest BCUT2D eigenvalue weighted by Gasteiger charge is 2.42. The fraction of sp³-hybridized carbons (Fsp3) is 0.786. The summed E-state index contributed by atoms with van der Waals surface area (Å²) in [6.45, 7) is 4.18. The molecule has 0 aromatic heterocycles. The Labute approximate surface area is 119 Å². The zero-order valence-electron chi connectivity index (χ0n) is 12.3. The molecule has 114 valence electrons. The van der Waals surface area contributed by atoms with E-state index in [9.17, 15) is 19.5 Å². The summed E-state index contributed by atoms with van der Waals surface area (Å²) in [5, 5.41) is 9.23. The first kappa shape index (κ1) is 16.5. The molecule has 0 aromatic rings. The molecule has 1 N–H and O–H groups in total. The van der Waals surface area contributed by atoms with Crippen molar-refractivity contribution in [2.45, 2.75) is 33.1 Å². The SMILES string of the molecule is CCCN(CC(=O)OC)C(=O)[C@H]1CC(C)C[C@H]1C(=O)O. The molecular weight excluding hydrogens is 262 g/mol. The number of ether oxygens (including phenoxy) is 1. The Morgan fingerprint density at radius 3 is 2.35 bits per heavy atom. The van der Waals surface area contributed by atoms with Crippen molar-refractivity contribution in [2.24, 2.45) is 17.8 Å². The van der Waals surface area contributed by atoms with Gasteiger partial charge in [0.05, 0.1) is 18.9 Å². The number of carbonyl (C=O) groups is 3. The van der Waals surface area contributed by atoms with Crippen molar-refractivity contribution >= 4 is 17.8 Å². The van der Waals surface area contributed by atoms with E-state index in [0.29, 0.717) is 25.8 Å². The van der Waals surface area contributed by atoms with Crippen molar-refractivity contribution < 1.29 is 24.2 Å². The second-order valence-electron chi connectivity index (χ2n) is 5.46. The Morgan fingerprint density at radius 1 is 1.25 bits per heavy atom. The van der Waals surface area contributed by atoms with E-state index < -0.39 is 23.8 Å². The standard InChI is InChI=1S/C14H23NO5/c1-4-5-15(8-12(16)20-3)13(17)10-6-9(2)7-11(10)14(18)19/h9-11H,4-8H2,1-3H3,(H,18,19)/t9?,10-,11+/m0/s1. The maximum atomic E-state index is 12.5. The summed E-state index contributed by atoms with van der Waals surface area (Å²) in [4.78, 5) is 36.5. The molecular formula is C14H23NO5. The van der Waals surface area contributed by atoms with Crippen LogP contribution < -0.4 is 0 Å². The van der Waals surface area contributed by atoms with Crippen molar-refractivity contribution in [1.82, 2.24) is 4.90 Å². The minimum Gasteiger partial charge on any atom is -0.481 e. The van der Waals surface area contributed by atoms with Crippen LogP contribution in [0.25, 0.3) is 0 Å². The predicted molar refractivity (Wildman–Crippen MR) is 71.9 cm³/mol. The van der Waals surface area contributed by atoms with Gasteiger partial charge in [-0.1, -0.05) is 13.8 Å². The van der Waals surface area contributed by atoms with Crippen LogP contribution in [0, 0.1) is 17.8 Å². The Hall–Kier alpha value is -1.59. The van der Waals surface area contributed by atoms with Crippen molar-refractivity contribution in [1.29, 1.82) is 0 Å². The van der Waals surface area contributed by atoms with Crippen LogP contribution in [-0.2, 0) is 19.1 Å². The normalized spacial score (nSPS) is 25.2. The molecule has 1 amide bonds. The molecule has 0 aliphatic heterocycles. The Bertz CT molecular complexity index is 382. The van der Waals surface area contributed by atoms with Crippen LogP contribution in [0.3, 0.4) is 0 Å². The fourth-order valence-corrected chi connectivity index (χ4v) is 2.83.